The zero-order chi connectivity index (χ0) is 13.1. The molecule has 7 heteroatoms. The van der Waals surface area contributed by atoms with Crippen molar-refractivity contribution in [1.29, 1.82) is 0 Å². The van der Waals surface area contributed by atoms with Crippen molar-refractivity contribution in [3.63, 3.8) is 0 Å². The van der Waals surface area contributed by atoms with E-state index in [0.29, 0.717) is 25.2 Å². The van der Waals surface area contributed by atoms with Gasteiger partial charge >= 0.3 is 0 Å². The smallest absolute Gasteiger partial charge is 0.227 e. The summed E-state index contributed by atoms with van der Waals surface area (Å²) in [5, 5.41) is 11.5. The molecule has 0 spiro atoms. The zero-order valence-corrected chi connectivity index (χ0v) is 10.8. The number of amides is 2. The fourth-order valence-electron chi connectivity index (χ4n) is 1.19. The molecular weight excluding hydrogens is 244 g/mol. The zero-order valence-electron chi connectivity index (χ0n) is 9.98. The number of rotatable bonds is 10. The van der Waals surface area contributed by atoms with Crippen molar-refractivity contribution in [1.82, 2.24) is 5.32 Å². The van der Waals surface area contributed by atoms with Crippen LogP contribution in [0.4, 0.5) is 0 Å². The van der Waals surface area contributed by atoms with Crippen molar-refractivity contribution in [2.75, 3.05) is 31.8 Å². The standard InChI is InChI=1S/C10H20N2O4S/c1-16-6-8(2-4-13)12-10(15)3-5-17-7-9(11)14/h8,13H,2-7H2,1H3,(H2,11,14)(H,12,15). The first-order valence-electron chi connectivity index (χ1n) is 5.35. The highest BCUT2D eigenvalue weighted by atomic mass is 32.2. The predicted octanol–water partition coefficient (Wildman–Crippen LogP) is -0.891. The molecule has 6 nitrogen and oxygen atoms in total. The summed E-state index contributed by atoms with van der Waals surface area (Å²) < 4.78 is 4.92. The topological polar surface area (TPSA) is 102 Å². The van der Waals surface area contributed by atoms with Gasteiger partial charge in [-0.05, 0) is 6.42 Å². The number of hydrogen-bond donors (Lipinski definition) is 3. The van der Waals surface area contributed by atoms with Gasteiger partial charge < -0.3 is 20.9 Å². The molecule has 0 aliphatic heterocycles. The van der Waals surface area contributed by atoms with E-state index in [0.717, 1.165) is 0 Å². The van der Waals surface area contributed by atoms with Gasteiger partial charge in [0.05, 0.1) is 18.4 Å². The number of carbonyl (C=O) groups excluding carboxylic acids is 2. The van der Waals surface area contributed by atoms with Crippen LogP contribution in [0, 0.1) is 0 Å². The Balaban J connectivity index is 3.70. The van der Waals surface area contributed by atoms with Crippen LogP contribution in [-0.4, -0.2) is 54.8 Å². The van der Waals surface area contributed by atoms with E-state index in [1.165, 1.54) is 11.8 Å². The second-order valence-electron chi connectivity index (χ2n) is 3.50. The second kappa shape index (κ2) is 10.4. The molecule has 0 saturated carbocycles. The van der Waals surface area contributed by atoms with Crippen LogP contribution in [0.2, 0.25) is 0 Å². The van der Waals surface area contributed by atoms with Gasteiger partial charge in [0.25, 0.3) is 0 Å². The van der Waals surface area contributed by atoms with Crippen LogP contribution in [0.5, 0.6) is 0 Å². The van der Waals surface area contributed by atoms with E-state index in [1.807, 2.05) is 0 Å². The van der Waals surface area contributed by atoms with Crippen LogP contribution in [0.1, 0.15) is 12.8 Å². The number of thioether (sulfide) groups is 1. The molecule has 0 aromatic rings. The largest absolute Gasteiger partial charge is 0.396 e. The van der Waals surface area contributed by atoms with Gasteiger partial charge in [0.2, 0.25) is 11.8 Å². The summed E-state index contributed by atoms with van der Waals surface area (Å²) >= 11 is 1.33. The van der Waals surface area contributed by atoms with Gasteiger partial charge in [-0.1, -0.05) is 0 Å². The maximum absolute atomic E-state index is 11.5. The normalized spacial score (nSPS) is 12.1. The lowest BCUT2D eigenvalue weighted by Gasteiger charge is -2.16. The van der Waals surface area contributed by atoms with E-state index in [-0.39, 0.29) is 30.2 Å². The molecule has 0 bridgehead atoms. The van der Waals surface area contributed by atoms with Crippen LogP contribution in [-0.2, 0) is 14.3 Å². The summed E-state index contributed by atoms with van der Waals surface area (Å²) in [6.07, 6.45) is 0.789. The number of ether oxygens (including phenoxy) is 1. The Hall–Kier alpha value is -0.790. The van der Waals surface area contributed by atoms with E-state index in [2.05, 4.69) is 5.32 Å². The number of hydrogen-bond acceptors (Lipinski definition) is 5. The lowest BCUT2D eigenvalue weighted by molar-refractivity contribution is -0.122. The Labute approximate surface area is 105 Å². The molecule has 0 saturated heterocycles. The predicted molar refractivity (Wildman–Crippen MR) is 66.6 cm³/mol. The summed E-state index contributed by atoms with van der Waals surface area (Å²) in [6.45, 7) is 0.380. The van der Waals surface area contributed by atoms with E-state index >= 15 is 0 Å². The van der Waals surface area contributed by atoms with Crippen molar-refractivity contribution >= 4 is 23.6 Å². The number of methoxy groups -OCH3 is 1. The quantitative estimate of drug-likeness (QED) is 0.444. The fraction of sp³-hybridized carbons (Fsp3) is 0.800. The lowest BCUT2D eigenvalue weighted by atomic mass is 10.2. The summed E-state index contributed by atoms with van der Waals surface area (Å²) in [5.74, 6) is 0.282. The molecule has 4 N–H and O–H groups in total. The average Bonchev–Trinajstić information content (AvgIpc) is 2.25. The first-order chi connectivity index (χ1) is 8.10. The molecule has 0 aromatic carbocycles. The molecule has 1 unspecified atom stereocenters. The monoisotopic (exact) mass is 264 g/mol. The number of primary amides is 1. The highest BCUT2D eigenvalue weighted by Crippen LogP contribution is 2.02. The minimum absolute atomic E-state index is 0.00469. The number of aliphatic hydroxyl groups is 1. The minimum atomic E-state index is -0.382. The van der Waals surface area contributed by atoms with Crippen molar-refractivity contribution in [2.45, 2.75) is 18.9 Å². The number of nitrogens with one attached hydrogen (secondary N) is 1. The molecule has 0 aliphatic rings. The fourth-order valence-corrected chi connectivity index (χ4v) is 1.87. The van der Waals surface area contributed by atoms with Crippen LogP contribution in [0.3, 0.4) is 0 Å². The summed E-state index contributed by atoms with van der Waals surface area (Å²) in [5.41, 5.74) is 4.96. The molecule has 0 radical (unpaired) electrons. The highest BCUT2D eigenvalue weighted by molar-refractivity contribution is 7.99. The van der Waals surface area contributed by atoms with Crippen LogP contribution in [0.15, 0.2) is 0 Å². The van der Waals surface area contributed by atoms with Crippen molar-refractivity contribution in [3.8, 4) is 0 Å². The van der Waals surface area contributed by atoms with E-state index < -0.39 is 0 Å². The third-order valence-corrected chi connectivity index (χ3v) is 2.91. The lowest BCUT2D eigenvalue weighted by Crippen LogP contribution is -2.38. The second-order valence-corrected chi connectivity index (χ2v) is 4.61. The third-order valence-electron chi connectivity index (χ3n) is 1.93. The van der Waals surface area contributed by atoms with Gasteiger partial charge in [-0.15, -0.1) is 0 Å². The Morgan fingerprint density at radius 1 is 1.53 bits per heavy atom. The molecular formula is C10H20N2O4S. The summed E-state index contributed by atoms with van der Waals surface area (Å²) in [7, 11) is 1.54. The van der Waals surface area contributed by atoms with Crippen LogP contribution >= 0.6 is 11.8 Å². The minimum Gasteiger partial charge on any atom is -0.396 e. The molecule has 0 fully saturated rings. The Morgan fingerprint density at radius 2 is 2.24 bits per heavy atom. The molecule has 100 valence electrons. The molecule has 2 amide bonds. The Morgan fingerprint density at radius 3 is 2.76 bits per heavy atom. The number of carbonyl (C=O) groups is 2. The van der Waals surface area contributed by atoms with Gasteiger partial charge in [0.1, 0.15) is 0 Å². The summed E-state index contributed by atoms with van der Waals surface area (Å²) in [4.78, 5) is 21.9. The maximum atomic E-state index is 11.5. The first-order valence-corrected chi connectivity index (χ1v) is 6.50. The molecule has 0 aromatic heterocycles. The van der Waals surface area contributed by atoms with Crippen LogP contribution in [0.25, 0.3) is 0 Å². The molecule has 1 atom stereocenters. The van der Waals surface area contributed by atoms with Crippen LogP contribution < -0.4 is 11.1 Å². The van der Waals surface area contributed by atoms with E-state index in [9.17, 15) is 9.59 Å². The molecule has 0 aliphatic carbocycles. The van der Waals surface area contributed by atoms with Gasteiger partial charge in [-0.3, -0.25) is 9.59 Å². The number of aliphatic hydroxyl groups excluding tert-OH is 1. The van der Waals surface area contributed by atoms with E-state index in [4.69, 9.17) is 15.6 Å². The first kappa shape index (κ1) is 16.2. The van der Waals surface area contributed by atoms with Gasteiger partial charge in [-0.25, -0.2) is 0 Å². The Bertz CT molecular complexity index is 232. The van der Waals surface area contributed by atoms with Crippen molar-refractivity contribution in [2.24, 2.45) is 5.73 Å². The van der Waals surface area contributed by atoms with E-state index in [1.54, 1.807) is 7.11 Å². The maximum Gasteiger partial charge on any atom is 0.227 e. The highest BCUT2D eigenvalue weighted by Gasteiger charge is 2.11. The average molecular weight is 264 g/mol. The van der Waals surface area contributed by atoms with Crippen molar-refractivity contribution in [3.05, 3.63) is 0 Å². The summed E-state index contributed by atoms with van der Waals surface area (Å²) in [6, 6.07) is -0.168. The number of nitrogens with two attached hydrogens (primary N) is 1. The van der Waals surface area contributed by atoms with Gasteiger partial charge in [0, 0.05) is 25.9 Å². The van der Waals surface area contributed by atoms with Gasteiger partial charge in [-0.2, -0.15) is 11.8 Å². The third kappa shape index (κ3) is 10.1. The van der Waals surface area contributed by atoms with Gasteiger partial charge in [0.15, 0.2) is 0 Å². The van der Waals surface area contributed by atoms with Crippen molar-refractivity contribution < 1.29 is 19.4 Å². The Kier molecular flexibility index (Phi) is 9.89. The molecule has 0 heterocycles. The molecule has 0 rings (SSSR count). The molecule has 17 heavy (non-hydrogen) atoms. The SMILES string of the molecule is COCC(CCO)NC(=O)CCSCC(N)=O.